The Morgan fingerprint density at radius 2 is 2.15 bits per heavy atom. The van der Waals surface area contributed by atoms with Gasteiger partial charge in [-0.25, -0.2) is 9.97 Å². The van der Waals surface area contributed by atoms with Gasteiger partial charge in [-0.15, -0.1) is 0 Å². The summed E-state index contributed by atoms with van der Waals surface area (Å²) in [6.45, 7) is 6.01. The molecule has 7 nitrogen and oxygen atoms in total. The quantitative estimate of drug-likeness (QED) is 0.673. The fraction of sp³-hybridized carbons (Fsp3) is 0.692. The second kappa shape index (κ2) is 6.02. The van der Waals surface area contributed by atoms with Gasteiger partial charge in [-0.05, 0) is 31.1 Å². The van der Waals surface area contributed by atoms with Gasteiger partial charge in [0.1, 0.15) is 6.33 Å². The van der Waals surface area contributed by atoms with E-state index in [9.17, 15) is 10.1 Å². The summed E-state index contributed by atoms with van der Waals surface area (Å²) in [4.78, 5) is 20.5. The van der Waals surface area contributed by atoms with Crippen molar-refractivity contribution in [3.8, 4) is 0 Å². The van der Waals surface area contributed by atoms with Crippen LogP contribution in [-0.4, -0.2) is 28.0 Å². The van der Waals surface area contributed by atoms with Gasteiger partial charge in [-0.3, -0.25) is 10.1 Å². The van der Waals surface area contributed by atoms with Crippen molar-refractivity contribution in [1.29, 1.82) is 0 Å². The molecule has 0 bridgehead atoms. The van der Waals surface area contributed by atoms with Gasteiger partial charge in [0.25, 0.3) is 0 Å². The standard InChI is InChI=1S/C13H21N5O2/c1-9(2)10-4-3-6-17(7-5-10)13-11(18(19)20)12(14)15-8-16-13/h8-10H,3-7H2,1-2H3,(H2,14,15,16). The molecule has 7 heteroatoms. The van der Waals surface area contributed by atoms with Gasteiger partial charge < -0.3 is 10.6 Å². The van der Waals surface area contributed by atoms with Crippen LogP contribution in [0, 0.1) is 22.0 Å². The number of nitrogens with zero attached hydrogens (tertiary/aromatic N) is 4. The van der Waals surface area contributed by atoms with Crippen LogP contribution >= 0.6 is 0 Å². The minimum Gasteiger partial charge on any atom is -0.378 e. The second-order valence-corrected chi connectivity index (χ2v) is 5.61. The summed E-state index contributed by atoms with van der Waals surface area (Å²) in [6, 6.07) is 0. The lowest BCUT2D eigenvalue weighted by Crippen LogP contribution is -2.27. The Morgan fingerprint density at radius 3 is 2.80 bits per heavy atom. The van der Waals surface area contributed by atoms with Crippen LogP contribution in [-0.2, 0) is 0 Å². The van der Waals surface area contributed by atoms with Gasteiger partial charge in [0.05, 0.1) is 4.92 Å². The van der Waals surface area contributed by atoms with E-state index in [1.54, 1.807) is 0 Å². The molecule has 2 rings (SSSR count). The highest BCUT2D eigenvalue weighted by Crippen LogP contribution is 2.33. The molecule has 0 aliphatic carbocycles. The number of nitrogens with two attached hydrogens (primary N) is 1. The Hall–Kier alpha value is -1.92. The van der Waals surface area contributed by atoms with E-state index in [2.05, 4.69) is 23.8 Å². The minimum atomic E-state index is -0.491. The van der Waals surface area contributed by atoms with E-state index in [4.69, 9.17) is 5.73 Å². The lowest BCUT2D eigenvalue weighted by Gasteiger charge is -2.22. The fourth-order valence-corrected chi connectivity index (χ4v) is 2.79. The SMILES string of the molecule is CC(C)C1CCCN(c2ncnc(N)c2[N+](=O)[O-])CC1. The van der Waals surface area contributed by atoms with Crippen molar-refractivity contribution in [2.75, 3.05) is 23.7 Å². The van der Waals surface area contributed by atoms with Crippen LogP contribution in [0.5, 0.6) is 0 Å². The highest BCUT2D eigenvalue weighted by Gasteiger charge is 2.28. The Morgan fingerprint density at radius 1 is 1.40 bits per heavy atom. The first-order chi connectivity index (χ1) is 9.50. The largest absolute Gasteiger partial charge is 0.378 e. The average Bonchev–Trinajstić information content (AvgIpc) is 2.63. The van der Waals surface area contributed by atoms with E-state index >= 15 is 0 Å². The van der Waals surface area contributed by atoms with Crippen LogP contribution in [0.4, 0.5) is 17.3 Å². The van der Waals surface area contributed by atoms with Crippen LogP contribution in [0.2, 0.25) is 0 Å². The number of hydrogen-bond donors (Lipinski definition) is 1. The molecular formula is C13H21N5O2. The molecule has 0 aromatic carbocycles. The highest BCUT2D eigenvalue weighted by atomic mass is 16.6. The summed E-state index contributed by atoms with van der Waals surface area (Å²) >= 11 is 0. The van der Waals surface area contributed by atoms with Crippen LogP contribution in [0.3, 0.4) is 0 Å². The average molecular weight is 279 g/mol. The summed E-state index contributed by atoms with van der Waals surface area (Å²) in [5.74, 6) is 1.59. The van der Waals surface area contributed by atoms with Gasteiger partial charge in [-0.1, -0.05) is 13.8 Å². The van der Waals surface area contributed by atoms with E-state index in [1.807, 2.05) is 4.90 Å². The van der Waals surface area contributed by atoms with Crippen molar-refractivity contribution in [3.05, 3.63) is 16.4 Å². The Bertz CT molecular complexity index is 492. The molecule has 1 fully saturated rings. The molecule has 1 aromatic heterocycles. The molecule has 1 unspecified atom stereocenters. The normalized spacial score (nSPS) is 19.9. The first kappa shape index (κ1) is 14.5. The maximum atomic E-state index is 11.2. The maximum Gasteiger partial charge on any atom is 0.353 e. The van der Waals surface area contributed by atoms with E-state index in [1.165, 1.54) is 6.33 Å². The first-order valence-corrected chi connectivity index (χ1v) is 7.00. The third-order valence-electron chi connectivity index (χ3n) is 4.03. The van der Waals surface area contributed by atoms with Crippen LogP contribution < -0.4 is 10.6 Å². The third kappa shape index (κ3) is 2.97. The zero-order valence-corrected chi connectivity index (χ0v) is 12.0. The molecule has 1 aliphatic rings. The second-order valence-electron chi connectivity index (χ2n) is 5.61. The van der Waals surface area contributed by atoms with Crippen molar-refractivity contribution in [2.45, 2.75) is 33.1 Å². The summed E-state index contributed by atoms with van der Waals surface area (Å²) in [7, 11) is 0. The zero-order valence-electron chi connectivity index (χ0n) is 12.0. The first-order valence-electron chi connectivity index (χ1n) is 7.00. The molecule has 1 aliphatic heterocycles. The highest BCUT2D eigenvalue weighted by molar-refractivity contribution is 5.68. The molecule has 1 saturated heterocycles. The maximum absolute atomic E-state index is 11.2. The van der Waals surface area contributed by atoms with E-state index in [-0.39, 0.29) is 11.5 Å². The topological polar surface area (TPSA) is 98.2 Å². The number of nitrogen functional groups attached to an aromatic ring is 1. The number of anilines is 2. The molecule has 1 atom stereocenters. The third-order valence-corrected chi connectivity index (χ3v) is 4.03. The fourth-order valence-electron chi connectivity index (χ4n) is 2.79. The number of aromatic nitrogens is 2. The number of nitro groups is 1. The van der Waals surface area contributed by atoms with Crippen LogP contribution in [0.25, 0.3) is 0 Å². The number of hydrogen-bond acceptors (Lipinski definition) is 6. The Balaban J connectivity index is 2.24. The lowest BCUT2D eigenvalue weighted by atomic mass is 9.89. The lowest BCUT2D eigenvalue weighted by molar-refractivity contribution is -0.383. The zero-order chi connectivity index (χ0) is 14.7. The summed E-state index contributed by atoms with van der Waals surface area (Å²) in [5.41, 5.74) is 5.45. The molecule has 0 saturated carbocycles. The molecule has 20 heavy (non-hydrogen) atoms. The van der Waals surface area contributed by atoms with E-state index < -0.39 is 4.92 Å². The van der Waals surface area contributed by atoms with Gasteiger partial charge in [0.2, 0.25) is 11.6 Å². The molecule has 1 aromatic rings. The summed E-state index contributed by atoms with van der Waals surface area (Å²) in [6.07, 6.45) is 4.49. The van der Waals surface area contributed by atoms with Crippen molar-refractivity contribution < 1.29 is 4.92 Å². The van der Waals surface area contributed by atoms with Crippen molar-refractivity contribution in [1.82, 2.24) is 9.97 Å². The Labute approximate surface area is 118 Å². The van der Waals surface area contributed by atoms with Crippen molar-refractivity contribution in [2.24, 2.45) is 11.8 Å². The van der Waals surface area contributed by atoms with Crippen LogP contribution in [0.15, 0.2) is 6.33 Å². The van der Waals surface area contributed by atoms with Crippen molar-refractivity contribution >= 4 is 17.3 Å². The smallest absolute Gasteiger partial charge is 0.353 e. The molecule has 110 valence electrons. The van der Waals surface area contributed by atoms with Gasteiger partial charge in [-0.2, -0.15) is 0 Å². The molecule has 0 amide bonds. The van der Waals surface area contributed by atoms with Crippen molar-refractivity contribution in [3.63, 3.8) is 0 Å². The van der Waals surface area contributed by atoms with Gasteiger partial charge >= 0.3 is 5.69 Å². The van der Waals surface area contributed by atoms with E-state index in [0.29, 0.717) is 17.7 Å². The number of rotatable bonds is 3. The monoisotopic (exact) mass is 279 g/mol. The molecular weight excluding hydrogens is 258 g/mol. The van der Waals surface area contributed by atoms with Gasteiger partial charge in [0, 0.05) is 13.1 Å². The molecule has 2 heterocycles. The van der Waals surface area contributed by atoms with E-state index in [0.717, 1.165) is 32.4 Å². The van der Waals surface area contributed by atoms with Gasteiger partial charge in [0.15, 0.2) is 0 Å². The predicted octanol–water partition coefficient (Wildman–Crippen LogP) is 2.23. The summed E-state index contributed by atoms with van der Waals surface area (Å²) < 4.78 is 0. The Kier molecular flexibility index (Phi) is 4.36. The molecule has 0 spiro atoms. The predicted molar refractivity (Wildman–Crippen MR) is 77.5 cm³/mol. The molecule has 2 N–H and O–H groups in total. The van der Waals surface area contributed by atoms with Crippen LogP contribution in [0.1, 0.15) is 33.1 Å². The molecule has 0 radical (unpaired) electrons. The summed E-state index contributed by atoms with van der Waals surface area (Å²) in [5, 5.41) is 11.2. The minimum absolute atomic E-state index is 0.0651.